The highest BCUT2D eigenvalue weighted by Crippen LogP contribution is 2.34. The molecule has 0 radical (unpaired) electrons. The molecule has 2 heterocycles. The van der Waals surface area contributed by atoms with Crippen LogP contribution < -0.4 is 9.64 Å². The van der Waals surface area contributed by atoms with Crippen molar-refractivity contribution in [1.82, 2.24) is 9.88 Å². The van der Waals surface area contributed by atoms with Crippen molar-refractivity contribution in [3.8, 4) is 5.75 Å². The zero-order chi connectivity index (χ0) is 23.2. The number of aryl methyl sites for hydroxylation is 2. The van der Waals surface area contributed by atoms with E-state index in [2.05, 4.69) is 36.9 Å². The summed E-state index contributed by atoms with van der Waals surface area (Å²) in [7, 11) is 0. The van der Waals surface area contributed by atoms with Gasteiger partial charge in [0, 0.05) is 26.2 Å². The highest BCUT2D eigenvalue weighted by molar-refractivity contribution is 7.22. The molecule has 3 aromatic rings. The van der Waals surface area contributed by atoms with Crippen molar-refractivity contribution in [2.75, 3.05) is 50.9 Å². The number of hydrogen-bond acceptors (Lipinski definition) is 6. The Labute approximate surface area is 200 Å². The predicted molar refractivity (Wildman–Crippen MR) is 135 cm³/mol. The smallest absolute Gasteiger partial charge is 0.233 e. The number of rotatable bonds is 9. The van der Waals surface area contributed by atoms with Crippen molar-refractivity contribution in [3.05, 3.63) is 53.1 Å². The molecule has 0 spiro atoms. The van der Waals surface area contributed by atoms with E-state index in [-0.39, 0.29) is 5.91 Å². The molecule has 0 atom stereocenters. The molecule has 1 aliphatic rings. The van der Waals surface area contributed by atoms with Gasteiger partial charge in [-0.1, -0.05) is 41.2 Å². The van der Waals surface area contributed by atoms with Crippen LogP contribution in [0.2, 0.25) is 0 Å². The second kappa shape index (κ2) is 11.1. The standard InChI is InChI=1S/C26H33N3O3S/c1-4-32-22-7-5-8-23-25(22)27-26(33-23)29(12-6-11-28-13-15-31-16-14-28)24(30)18-21-10-9-19(2)17-20(21)3/h5,7-10,17H,4,6,11-16,18H2,1-3H3. The van der Waals surface area contributed by atoms with Crippen molar-refractivity contribution in [3.63, 3.8) is 0 Å². The minimum absolute atomic E-state index is 0.0842. The summed E-state index contributed by atoms with van der Waals surface area (Å²) in [5.41, 5.74) is 4.26. The van der Waals surface area contributed by atoms with Crippen LogP contribution >= 0.6 is 11.3 Å². The Balaban J connectivity index is 1.56. The first kappa shape index (κ1) is 23.7. The maximum absolute atomic E-state index is 13.5. The number of morpholine rings is 1. The van der Waals surface area contributed by atoms with Crippen LogP contribution in [0.3, 0.4) is 0 Å². The van der Waals surface area contributed by atoms with Gasteiger partial charge in [-0.2, -0.15) is 0 Å². The number of aromatic nitrogens is 1. The molecule has 1 saturated heterocycles. The molecular weight excluding hydrogens is 434 g/mol. The molecule has 4 rings (SSSR count). The van der Waals surface area contributed by atoms with Crippen molar-refractivity contribution in [2.24, 2.45) is 0 Å². The van der Waals surface area contributed by atoms with Crippen LogP contribution in [0.4, 0.5) is 5.13 Å². The van der Waals surface area contributed by atoms with Crippen LogP contribution in [0.5, 0.6) is 5.75 Å². The van der Waals surface area contributed by atoms with Crippen LogP contribution in [0.1, 0.15) is 30.0 Å². The maximum Gasteiger partial charge on any atom is 0.233 e. The second-order valence-corrected chi connectivity index (χ2v) is 9.50. The molecular formula is C26H33N3O3S. The number of hydrogen-bond donors (Lipinski definition) is 0. The molecule has 1 amide bonds. The minimum atomic E-state index is 0.0842. The summed E-state index contributed by atoms with van der Waals surface area (Å²) in [6.45, 7) is 11.8. The van der Waals surface area contributed by atoms with Crippen LogP contribution in [0.15, 0.2) is 36.4 Å². The van der Waals surface area contributed by atoms with E-state index >= 15 is 0 Å². The van der Waals surface area contributed by atoms with Crippen LogP contribution in [-0.2, 0) is 16.0 Å². The third-order valence-electron chi connectivity index (χ3n) is 6.00. The first-order chi connectivity index (χ1) is 16.0. The van der Waals surface area contributed by atoms with Gasteiger partial charge >= 0.3 is 0 Å². The van der Waals surface area contributed by atoms with E-state index in [0.717, 1.165) is 71.5 Å². The van der Waals surface area contributed by atoms with Crippen molar-refractivity contribution in [2.45, 2.75) is 33.6 Å². The molecule has 1 aromatic heterocycles. The number of fused-ring (bicyclic) bond motifs is 1. The number of amides is 1. The highest BCUT2D eigenvalue weighted by atomic mass is 32.1. The average molecular weight is 468 g/mol. The fraction of sp³-hybridized carbons (Fsp3) is 0.462. The fourth-order valence-corrected chi connectivity index (χ4v) is 5.23. The molecule has 2 aromatic carbocycles. The fourth-order valence-electron chi connectivity index (χ4n) is 4.21. The number of para-hydroxylation sites is 1. The number of anilines is 1. The Morgan fingerprint density at radius 1 is 1.21 bits per heavy atom. The maximum atomic E-state index is 13.5. The van der Waals surface area contributed by atoms with Gasteiger partial charge in [0.2, 0.25) is 5.91 Å². The Hall–Kier alpha value is -2.48. The molecule has 1 fully saturated rings. The number of benzene rings is 2. The van der Waals surface area contributed by atoms with Crippen LogP contribution in [0, 0.1) is 13.8 Å². The van der Waals surface area contributed by atoms with E-state index in [1.165, 1.54) is 5.56 Å². The lowest BCUT2D eigenvalue weighted by atomic mass is 10.0. The van der Waals surface area contributed by atoms with Gasteiger partial charge in [0.25, 0.3) is 0 Å². The predicted octanol–water partition coefficient (Wildman–Crippen LogP) is 4.61. The zero-order valence-corrected chi connectivity index (χ0v) is 20.6. The molecule has 0 saturated carbocycles. The molecule has 6 nitrogen and oxygen atoms in total. The lowest BCUT2D eigenvalue weighted by Gasteiger charge is -2.27. The Morgan fingerprint density at radius 2 is 2.03 bits per heavy atom. The van der Waals surface area contributed by atoms with E-state index in [1.54, 1.807) is 11.3 Å². The summed E-state index contributed by atoms with van der Waals surface area (Å²) in [4.78, 5) is 22.7. The van der Waals surface area contributed by atoms with E-state index in [0.29, 0.717) is 19.6 Å². The Morgan fingerprint density at radius 3 is 2.79 bits per heavy atom. The lowest BCUT2D eigenvalue weighted by molar-refractivity contribution is -0.118. The Kier molecular flexibility index (Phi) is 7.96. The molecule has 1 aliphatic heterocycles. The second-order valence-electron chi connectivity index (χ2n) is 8.49. The summed E-state index contributed by atoms with van der Waals surface area (Å²) in [5, 5.41) is 0.744. The van der Waals surface area contributed by atoms with E-state index in [9.17, 15) is 4.79 Å². The largest absolute Gasteiger partial charge is 0.492 e. The van der Waals surface area contributed by atoms with Crippen LogP contribution in [-0.4, -0.2) is 61.8 Å². The van der Waals surface area contributed by atoms with Gasteiger partial charge in [0.05, 0.1) is 30.9 Å². The van der Waals surface area contributed by atoms with E-state index < -0.39 is 0 Å². The topological polar surface area (TPSA) is 54.9 Å². The third-order valence-corrected chi connectivity index (χ3v) is 7.05. The number of thiazole rings is 1. The lowest BCUT2D eigenvalue weighted by Crippen LogP contribution is -2.39. The van der Waals surface area contributed by atoms with Crippen molar-refractivity contribution >= 4 is 32.6 Å². The molecule has 0 aliphatic carbocycles. The number of ether oxygens (including phenoxy) is 2. The number of carbonyl (C=O) groups excluding carboxylic acids is 1. The molecule has 33 heavy (non-hydrogen) atoms. The average Bonchev–Trinajstić information content (AvgIpc) is 3.24. The van der Waals surface area contributed by atoms with Gasteiger partial charge in [-0.25, -0.2) is 4.98 Å². The highest BCUT2D eigenvalue weighted by Gasteiger charge is 2.22. The summed E-state index contributed by atoms with van der Waals surface area (Å²) in [5.74, 6) is 0.855. The van der Waals surface area contributed by atoms with Gasteiger partial charge in [0.1, 0.15) is 11.3 Å². The first-order valence-corrected chi connectivity index (χ1v) is 12.6. The molecule has 0 bridgehead atoms. The van der Waals surface area contributed by atoms with Crippen molar-refractivity contribution < 1.29 is 14.3 Å². The zero-order valence-electron chi connectivity index (χ0n) is 19.8. The SMILES string of the molecule is CCOc1cccc2sc(N(CCCN3CCOCC3)C(=O)Cc3ccc(C)cc3C)nc12. The number of carbonyl (C=O) groups is 1. The molecule has 0 unspecified atom stereocenters. The normalized spacial score (nSPS) is 14.5. The molecule has 176 valence electrons. The van der Waals surface area contributed by atoms with E-state index in [4.69, 9.17) is 14.5 Å². The molecule has 7 heteroatoms. The van der Waals surface area contributed by atoms with Gasteiger partial charge in [0.15, 0.2) is 5.13 Å². The van der Waals surface area contributed by atoms with Gasteiger partial charge in [-0.3, -0.25) is 14.6 Å². The summed E-state index contributed by atoms with van der Waals surface area (Å²) >= 11 is 1.56. The van der Waals surface area contributed by atoms with E-state index in [1.807, 2.05) is 30.0 Å². The monoisotopic (exact) mass is 467 g/mol. The van der Waals surface area contributed by atoms with Crippen molar-refractivity contribution in [1.29, 1.82) is 0 Å². The number of nitrogens with zero attached hydrogens (tertiary/aromatic N) is 3. The summed E-state index contributed by atoms with van der Waals surface area (Å²) < 4.78 is 12.3. The minimum Gasteiger partial charge on any atom is -0.492 e. The first-order valence-electron chi connectivity index (χ1n) is 11.7. The van der Waals surface area contributed by atoms with Gasteiger partial charge in [-0.15, -0.1) is 0 Å². The van der Waals surface area contributed by atoms with Gasteiger partial charge in [-0.05, 0) is 50.5 Å². The van der Waals surface area contributed by atoms with Gasteiger partial charge < -0.3 is 9.47 Å². The summed E-state index contributed by atoms with van der Waals surface area (Å²) in [6, 6.07) is 12.2. The Bertz CT molecular complexity index is 1090. The third kappa shape index (κ3) is 5.91. The van der Waals surface area contributed by atoms with Crippen LogP contribution in [0.25, 0.3) is 10.2 Å². The quantitative estimate of drug-likeness (QED) is 0.460. The molecule has 0 N–H and O–H groups in total. The summed E-state index contributed by atoms with van der Waals surface area (Å²) in [6.07, 6.45) is 1.27.